The SMILES string of the molecule is CC1=NS(=O)(=O)c2cccc(F)c2N1. The van der Waals surface area contributed by atoms with Gasteiger partial charge in [0.15, 0.2) is 0 Å². The maximum atomic E-state index is 13.2. The van der Waals surface area contributed by atoms with Gasteiger partial charge in [-0.05, 0) is 19.1 Å². The van der Waals surface area contributed by atoms with Crippen molar-refractivity contribution >= 4 is 21.5 Å². The summed E-state index contributed by atoms with van der Waals surface area (Å²) in [5.74, 6) is -0.428. The maximum Gasteiger partial charge on any atom is 0.286 e. The summed E-state index contributed by atoms with van der Waals surface area (Å²) in [5.41, 5.74) is -0.0278. The highest BCUT2D eigenvalue weighted by Crippen LogP contribution is 2.29. The van der Waals surface area contributed by atoms with Crippen LogP contribution in [0.3, 0.4) is 0 Å². The summed E-state index contributed by atoms with van der Waals surface area (Å²) in [6.45, 7) is 1.47. The summed E-state index contributed by atoms with van der Waals surface area (Å²) in [6, 6.07) is 3.85. The number of halogens is 1. The van der Waals surface area contributed by atoms with Crippen LogP contribution in [-0.4, -0.2) is 14.3 Å². The lowest BCUT2D eigenvalue weighted by Crippen LogP contribution is -2.19. The molecule has 0 saturated carbocycles. The first kappa shape index (κ1) is 9.14. The lowest BCUT2D eigenvalue weighted by molar-refractivity contribution is 0.593. The van der Waals surface area contributed by atoms with Crippen LogP contribution in [0.4, 0.5) is 10.1 Å². The minimum Gasteiger partial charge on any atom is -0.340 e. The molecule has 0 spiro atoms. The molecule has 1 aliphatic rings. The average molecular weight is 214 g/mol. The normalized spacial score (nSPS) is 18.0. The Morgan fingerprint density at radius 2 is 2.14 bits per heavy atom. The second-order valence-corrected chi connectivity index (χ2v) is 4.46. The van der Waals surface area contributed by atoms with Gasteiger partial charge in [-0.25, -0.2) is 4.39 Å². The fourth-order valence-corrected chi connectivity index (χ4v) is 2.44. The van der Waals surface area contributed by atoms with Crippen molar-refractivity contribution < 1.29 is 12.8 Å². The van der Waals surface area contributed by atoms with Crippen molar-refractivity contribution in [1.29, 1.82) is 0 Å². The molecular weight excluding hydrogens is 207 g/mol. The third-order valence-corrected chi connectivity index (χ3v) is 3.23. The number of nitrogens with zero attached hydrogens (tertiary/aromatic N) is 1. The molecule has 0 fully saturated rings. The molecule has 0 aromatic heterocycles. The number of amidine groups is 1. The number of fused-ring (bicyclic) bond motifs is 1. The molecule has 1 N–H and O–H groups in total. The van der Waals surface area contributed by atoms with Gasteiger partial charge in [0.05, 0.1) is 5.69 Å². The zero-order chi connectivity index (χ0) is 10.3. The zero-order valence-corrected chi connectivity index (χ0v) is 8.10. The van der Waals surface area contributed by atoms with E-state index in [9.17, 15) is 12.8 Å². The van der Waals surface area contributed by atoms with E-state index in [-0.39, 0.29) is 16.4 Å². The number of nitrogens with one attached hydrogen (secondary N) is 1. The molecule has 14 heavy (non-hydrogen) atoms. The van der Waals surface area contributed by atoms with Crippen LogP contribution < -0.4 is 5.32 Å². The van der Waals surface area contributed by atoms with Gasteiger partial charge in [-0.1, -0.05) is 6.07 Å². The van der Waals surface area contributed by atoms with Crippen molar-refractivity contribution in [2.75, 3.05) is 5.32 Å². The van der Waals surface area contributed by atoms with E-state index in [1.165, 1.54) is 25.1 Å². The van der Waals surface area contributed by atoms with E-state index in [1.54, 1.807) is 0 Å². The Balaban J connectivity index is 2.78. The Hall–Kier alpha value is -1.43. The fraction of sp³-hybridized carbons (Fsp3) is 0.125. The number of anilines is 1. The largest absolute Gasteiger partial charge is 0.340 e. The van der Waals surface area contributed by atoms with Gasteiger partial charge in [-0.15, -0.1) is 4.40 Å². The Morgan fingerprint density at radius 1 is 1.43 bits per heavy atom. The minimum absolute atomic E-state index is 0.0278. The molecule has 4 nitrogen and oxygen atoms in total. The van der Waals surface area contributed by atoms with Crippen LogP contribution in [0.1, 0.15) is 6.92 Å². The molecule has 1 aliphatic heterocycles. The van der Waals surface area contributed by atoms with Gasteiger partial charge in [0, 0.05) is 0 Å². The third kappa shape index (κ3) is 1.27. The van der Waals surface area contributed by atoms with Crippen molar-refractivity contribution in [2.45, 2.75) is 11.8 Å². The summed E-state index contributed by atoms with van der Waals surface area (Å²) in [7, 11) is -3.73. The lowest BCUT2D eigenvalue weighted by Gasteiger charge is -2.15. The number of rotatable bonds is 0. The highest BCUT2D eigenvalue weighted by Gasteiger charge is 2.25. The van der Waals surface area contributed by atoms with Crippen LogP contribution in [0, 0.1) is 5.82 Å². The summed E-state index contributed by atoms with van der Waals surface area (Å²) in [6.07, 6.45) is 0. The molecule has 74 valence electrons. The zero-order valence-electron chi connectivity index (χ0n) is 7.28. The predicted molar refractivity (Wildman–Crippen MR) is 50.3 cm³/mol. The standard InChI is InChI=1S/C8H7FN2O2S/c1-5-10-8-6(9)3-2-4-7(8)14(12,13)11-5/h2-4H,1H3,(H,10,11). The minimum atomic E-state index is -3.73. The van der Waals surface area contributed by atoms with Gasteiger partial charge in [0.1, 0.15) is 16.5 Å². The van der Waals surface area contributed by atoms with Gasteiger partial charge in [0.2, 0.25) is 0 Å². The molecule has 0 aliphatic carbocycles. The number of benzene rings is 1. The van der Waals surface area contributed by atoms with Crippen LogP contribution >= 0.6 is 0 Å². The van der Waals surface area contributed by atoms with E-state index in [4.69, 9.17) is 0 Å². The second-order valence-electron chi connectivity index (χ2n) is 2.89. The van der Waals surface area contributed by atoms with E-state index >= 15 is 0 Å². The van der Waals surface area contributed by atoms with Crippen LogP contribution in [0.15, 0.2) is 27.5 Å². The van der Waals surface area contributed by atoms with Gasteiger partial charge in [0.25, 0.3) is 10.0 Å². The van der Waals surface area contributed by atoms with E-state index in [0.717, 1.165) is 0 Å². The lowest BCUT2D eigenvalue weighted by atomic mass is 10.3. The smallest absolute Gasteiger partial charge is 0.286 e. The molecule has 0 atom stereocenters. The van der Waals surface area contributed by atoms with E-state index in [0.29, 0.717) is 0 Å². The van der Waals surface area contributed by atoms with Gasteiger partial charge in [-0.3, -0.25) is 0 Å². The molecule has 0 bridgehead atoms. The molecule has 1 aromatic carbocycles. The molecule has 1 heterocycles. The summed E-state index contributed by atoms with van der Waals surface area (Å²) < 4.78 is 39.5. The van der Waals surface area contributed by atoms with Crippen LogP contribution in [0.5, 0.6) is 0 Å². The number of para-hydroxylation sites is 1. The summed E-state index contributed by atoms with van der Waals surface area (Å²) >= 11 is 0. The second kappa shape index (κ2) is 2.78. The topological polar surface area (TPSA) is 58.5 Å². The molecule has 0 saturated heterocycles. The van der Waals surface area contributed by atoms with Gasteiger partial charge >= 0.3 is 0 Å². The monoisotopic (exact) mass is 214 g/mol. The predicted octanol–water partition coefficient (Wildman–Crippen LogP) is 1.36. The molecular formula is C8H7FN2O2S. The Kier molecular flexibility index (Phi) is 1.81. The quantitative estimate of drug-likeness (QED) is 0.709. The number of hydrogen-bond acceptors (Lipinski definition) is 3. The highest BCUT2D eigenvalue weighted by atomic mass is 32.2. The van der Waals surface area contributed by atoms with E-state index < -0.39 is 15.8 Å². The number of hydrogen-bond donors (Lipinski definition) is 1. The van der Waals surface area contributed by atoms with E-state index in [2.05, 4.69) is 9.71 Å². The highest BCUT2D eigenvalue weighted by molar-refractivity contribution is 7.90. The molecule has 2 rings (SSSR count). The third-order valence-electron chi connectivity index (χ3n) is 1.82. The van der Waals surface area contributed by atoms with Gasteiger partial charge in [-0.2, -0.15) is 8.42 Å². The van der Waals surface area contributed by atoms with Crippen molar-refractivity contribution in [1.82, 2.24) is 0 Å². The molecule has 0 amide bonds. The van der Waals surface area contributed by atoms with Crippen molar-refractivity contribution in [3.05, 3.63) is 24.0 Å². The Labute approximate surface area is 80.5 Å². The van der Waals surface area contributed by atoms with Crippen molar-refractivity contribution in [3.63, 3.8) is 0 Å². The van der Waals surface area contributed by atoms with Gasteiger partial charge < -0.3 is 5.32 Å². The molecule has 0 unspecified atom stereocenters. The number of sulfonamides is 1. The first-order valence-electron chi connectivity index (χ1n) is 3.88. The van der Waals surface area contributed by atoms with Crippen LogP contribution in [0.25, 0.3) is 0 Å². The molecule has 1 aromatic rings. The van der Waals surface area contributed by atoms with Crippen LogP contribution in [-0.2, 0) is 10.0 Å². The Bertz CT molecular complexity index is 522. The average Bonchev–Trinajstić information content (AvgIpc) is 2.05. The van der Waals surface area contributed by atoms with Crippen molar-refractivity contribution in [3.8, 4) is 0 Å². The molecule has 0 radical (unpaired) electrons. The fourth-order valence-electron chi connectivity index (χ4n) is 1.27. The van der Waals surface area contributed by atoms with Crippen molar-refractivity contribution in [2.24, 2.45) is 4.40 Å². The first-order valence-corrected chi connectivity index (χ1v) is 5.32. The molecule has 6 heteroatoms. The van der Waals surface area contributed by atoms with Crippen LogP contribution in [0.2, 0.25) is 0 Å². The first-order chi connectivity index (χ1) is 6.50. The summed E-state index contributed by atoms with van der Waals surface area (Å²) in [4.78, 5) is -0.122. The Morgan fingerprint density at radius 3 is 2.86 bits per heavy atom. The summed E-state index contributed by atoms with van der Waals surface area (Å²) in [5, 5.41) is 2.58. The maximum absolute atomic E-state index is 13.2. The van der Waals surface area contributed by atoms with E-state index in [1.807, 2.05) is 0 Å².